The second kappa shape index (κ2) is 7.01. The van der Waals surface area contributed by atoms with Crippen LogP contribution in [0.2, 0.25) is 0 Å². The third-order valence-corrected chi connectivity index (χ3v) is 5.02. The van der Waals surface area contributed by atoms with Crippen LogP contribution in [-0.4, -0.2) is 50.0 Å². The Bertz CT molecular complexity index is 658. The van der Waals surface area contributed by atoms with Crippen molar-refractivity contribution < 1.29 is 27.9 Å². The van der Waals surface area contributed by atoms with Gasteiger partial charge in [-0.25, -0.2) is 13.2 Å². The Morgan fingerprint density at radius 2 is 2.00 bits per heavy atom. The maximum atomic E-state index is 12.3. The zero-order valence-corrected chi connectivity index (χ0v) is 13.8. The average molecular weight is 380 g/mol. The number of carbonyl (C=O) groups excluding carboxylic acids is 1. The quantitative estimate of drug-likeness (QED) is 0.748. The fraction of sp³-hybridized carbons (Fsp3) is 0.333. The number of ether oxygens (including phenoxy) is 1. The van der Waals surface area contributed by atoms with Crippen molar-refractivity contribution in [1.82, 2.24) is 4.31 Å². The number of sulfonamides is 1. The molecule has 0 unspecified atom stereocenters. The van der Waals surface area contributed by atoms with Crippen LogP contribution in [-0.2, 0) is 19.6 Å². The molecule has 1 aromatic rings. The minimum Gasteiger partial charge on any atom is -0.478 e. The highest BCUT2D eigenvalue weighted by molar-refractivity contribution is 9.10. The van der Waals surface area contributed by atoms with Crippen LogP contribution in [0, 0.1) is 0 Å². The van der Waals surface area contributed by atoms with Crippen molar-refractivity contribution in [2.75, 3.05) is 20.2 Å². The zero-order chi connectivity index (χ0) is 16.2. The zero-order valence-electron chi connectivity index (χ0n) is 11.4. The highest BCUT2D eigenvalue weighted by Gasteiger charge is 2.25. The summed E-state index contributed by atoms with van der Waals surface area (Å²) < 4.78 is 30.3. The van der Waals surface area contributed by atoms with Crippen LogP contribution in [0.1, 0.15) is 17.3 Å². The number of likely N-dealkylation sites (N-methyl/N-ethyl adjacent to an activating group) is 1. The van der Waals surface area contributed by atoms with E-state index in [-0.39, 0.29) is 21.5 Å². The van der Waals surface area contributed by atoms with Crippen LogP contribution < -0.4 is 0 Å². The van der Waals surface area contributed by atoms with Gasteiger partial charge in [-0.05, 0) is 41.1 Å². The second-order valence-corrected chi connectivity index (χ2v) is 6.91. The van der Waals surface area contributed by atoms with Gasteiger partial charge in [0.15, 0.2) is 0 Å². The Morgan fingerprint density at radius 3 is 2.52 bits per heavy atom. The molecule has 0 aliphatic heterocycles. The van der Waals surface area contributed by atoms with Gasteiger partial charge in [0.25, 0.3) is 0 Å². The highest BCUT2D eigenvalue weighted by atomic mass is 79.9. The molecule has 0 bridgehead atoms. The fourth-order valence-corrected chi connectivity index (χ4v) is 3.04. The van der Waals surface area contributed by atoms with Crippen LogP contribution in [0.4, 0.5) is 0 Å². The van der Waals surface area contributed by atoms with E-state index in [2.05, 4.69) is 20.7 Å². The lowest BCUT2D eigenvalue weighted by atomic mass is 10.2. The number of rotatable bonds is 6. The number of hydrogen-bond acceptors (Lipinski definition) is 5. The molecule has 21 heavy (non-hydrogen) atoms. The van der Waals surface area contributed by atoms with Crippen molar-refractivity contribution >= 4 is 37.9 Å². The monoisotopic (exact) mass is 379 g/mol. The van der Waals surface area contributed by atoms with Gasteiger partial charge in [-0.15, -0.1) is 0 Å². The molecule has 9 heteroatoms. The van der Waals surface area contributed by atoms with E-state index < -0.39 is 28.5 Å². The Kier molecular flexibility index (Phi) is 5.87. The summed E-state index contributed by atoms with van der Waals surface area (Å²) in [6, 6.07) is 3.62. The van der Waals surface area contributed by atoms with Crippen molar-refractivity contribution in [3.05, 3.63) is 28.2 Å². The van der Waals surface area contributed by atoms with Crippen LogP contribution in [0.15, 0.2) is 27.6 Å². The van der Waals surface area contributed by atoms with Gasteiger partial charge in [0.1, 0.15) is 6.54 Å². The molecule has 0 saturated carbocycles. The lowest BCUT2D eigenvalue weighted by Crippen LogP contribution is -2.33. The van der Waals surface area contributed by atoms with Crippen LogP contribution in [0.3, 0.4) is 0 Å². The molecule has 0 saturated heterocycles. The fourth-order valence-electron chi connectivity index (χ4n) is 1.48. The lowest BCUT2D eigenvalue weighted by Gasteiger charge is -2.16. The third-order valence-electron chi connectivity index (χ3n) is 2.53. The maximum absolute atomic E-state index is 12.3. The number of hydrogen-bond donors (Lipinski definition) is 1. The summed E-state index contributed by atoms with van der Waals surface area (Å²) in [4.78, 5) is 22.1. The Hall–Kier alpha value is -1.45. The molecule has 0 aromatic heterocycles. The van der Waals surface area contributed by atoms with Crippen molar-refractivity contribution in [3.63, 3.8) is 0 Å². The Balaban J connectivity index is 3.10. The van der Waals surface area contributed by atoms with Crippen LogP contribution in [0.5, 0.6) is 0 Å². The minimum atomic E-state index is -3.98. The van der Waals surface area contributed by atoms with E-state index in [4.69, 9.17) is 5.11 Å². The van der Waals surface area contributed by atoms with E-state index >= 15 is 0 Å². The van der Waals surface area contributed by atoms with Crippen molar-refractivity contribution in [3.8, 4) is 0 Å². The van der Waals surface area contributed by atoms with E-state index in [1.165, 1.54) is 19.2 Å². The van der Waals surface area contributed by atoms with Crippen LogP contribution in [0.25, 0.3) is 0 Å². The minimum absolute atomic E-state index is 0.147. The molecule has 0 aliphatic carbocycles. The number of halogens is 1. The molecule has 0 aliphatic rings. The van der Waals surface area contributed by atoms with E-state index in [9.17, 15) is 18.0 Å². The van der Waals surface area contributed by atoms with E-state index in [0.29, 0.717) is 0 Å². The molecular formula is C12H14BrNO6S. The van der Waals surface area contributed by atoms with Gasteiger partial charge in [0.2, 0.25) is 10.0 Å². The number of aromatic carboxylic acids is 1. The predicted molar refractivity (Wildman–Crippen MR) is 77.6 cm³/mol. The van der Waals surface area contributed by atoms with E-state index in [1.807, 2.05) is 0 Å². The van der Waals surface area contributed by atoms with Gasteiger partial charge in [-0.1, -0.05) is 0 Å². The number of carbonyl (C=O) groups is 2. The summed E-state index contributed by atoms with van der Waals surface area (Å²) in [6.07, 6.45) is 0. The van der Waals surface area contributed by atoms with Crippen molar-refractivity contribution in [2.45, 2.75) is 11.8 Å². The van der Waals surface area contributed by atoms with Crippen molar-refractivity contribution in [2.24, 2.45) is 0 Å². The molecule has 0 spiro atoms. The van der Waals surface area contributed by atoms with E-state index in [0.717, 1.165) is 10.4 Å². The van der Waals surface area contributed by atoms with E-state index in [1.54, 1.807) is 6.92 Å². The summed E-state index contributed by atoms with van der Waals surface area (Å²) in [6.45, 7) is 1.31. The molecule has 0 radical (unpaired) electrons. The van der Waals surface area contributed by atoms with Crippen LogP contribution >= 0.6 is 15.9 Å². The Morgan fingerprint density at radius 1 is 1.38 bits per heavy atom. The van der Waals surface area contributed by atoms with Gasteiger partial charge < -0.3 is 9.84 Å². The van der Waals surface area contributed by atoms with Gasteiger partial charge in [0.05, 0.1) is 17.1 Å². The number of carboxylic acids is 1. The number of nitrogens with zero attached hydrogens (tertiary/aromatic N) is 1. The standard InChI is InChI=1S/C12H14BrNO6S/c1-3-20-11(15)7-14(2)21(18,19)8-4-5-10(13)9(6-8)12(16)17/h4-6H,3,7H2,1-2H3,(H,16,17). The maximum Gasteiger partial charge on any atom is 0.336 e. The summed E-state index contributed by atoms with van der Waals surface area (Å²) in [5.74, 6) is -1.94. The Labute approximate surface area is 130 Å². The summed E-state index contributed by atoms with van der Waals surface area (Å²) in [5, 5.41) is 9.00. The molecule has 7 nitrogen and oxygen atoms in total. The first-order chi connectivity index (χ1) is 9.70. The average Bonchev–Trinajstić information content (AvgIpc) is 2.38. The molecule has 0 atom stereocenters. The number of benzene rings is 1. The largest absolute Gasteiger partial charge is 0.478 e. The highest BCUT2D eigenvalue weighted by Crippen LogP contribution is 2.22. The molecule has 0 amide bonds. The smallest absolute Gasteiger partial charge is 0.336 e. The molecule has 1 N–H and O–H groups in total. The first-order valence-corrected chi connectivity index (χ1v) is 8.08. The third kappa shape index (κ3) is 4.26. The summed E-state index contributed by atoms with van der Waals surface area (Å²) in [7, 11) is -2.76. The second-order valence-electron chi connectivity index (χ2n) is 4.01. The molecule has 0 heterocycles. The molecule has 1 rings (SSSR count). The summed E-state index contributed by atoms with van der Waals surface area (Å²) in [5.41, 5.74) is -0.180. The first-order valence-electron chi connectivity index (χ1n) is 5.85. The van der Waals surface area contributed by atoms with Gasteiger partial charge in [-0.3, -0.25) is 4.79 Å². The molecular weight excluding hydrogens is 366 g/mol. The normalized spacial score (nSPS) is 11.4. The molecule has 1 aromatic carbocycles. The van der Waals surface area contributed by atoms with Gasteiger partial charge in [0, 0.05) is 11.5 Å². The topological polar surface area (TPSA) is 101 Å². The SMILES string of the molecule is CCOC(=O)CN(C)S(=O)(=O)c1ccc(Br)c(C(=O)O)c1. The number of esters is 1. The predicted octanol–water partition coefficient (Wildman–Crippen LogP) is 1.33. The first kappa shape index (κ1) is 17.6. The van der Waals surface area contributed by atoms with Gasteiger partial charge >= 0.3 is 11.9 Å². The number of carboxylic acid groups (broad SMARTS) is 1. The lowest BCUT2D eigenvalue weighted by molar-refractivity contribution is -0.143. The molecule has 0 fully saturated rings. The summed E-state index contributed by atoms with van der Waals surface area (Å²) >= 11 is 3.03. The molecule has 116 valence electrons. The van der Waals surface area contributed by atoms with Gasteiger partial charge in [-0.2, -0.15) is 4.31 Å². The van der Waals surface area contributed by atoms with Crippen molar-refractivity contribution in [1.29, 1.82) is 0 Å².